The number of halogens is 1. The number of anilines is 1. The SMILES string of the molecule is COC(=O)c1ccc(C(=O)OC)c(NS(=O)(=O)c2ccc(Cl)s2)c1. The van der Waals surface area contributed by atoms with Gasteiger partial charge in [-0.15, -0.1) is 11.3 Å². The summed E-state index contributed by atoms with van der Waals surface area (Å²) in [6, 6.07) is 6.57. The zero-order valence-corrected chi connectivity index (χ0v) is 14.9. The zero-order valence-electron chi connectivity index (χ0n) is 12.5. The molecule has 0 saturated heterocycles. The van der Waals surface area contributed by atoms with Crippen LogP contribution in [0.5, 0.6) is 0 Å². The van der Waals surface area contributed by atoms with Gasteiger partial charge in [-0.1, -0.05) is 11.6 Å². The summed E-state index contributed by atoms with van der Waals surface area (Å²) in [6.07, 6.45) is 0. The fraction of sp³-hybridized carbons (Fsp3) is 0.143. The minimum atomic E-state index is -3.98. The molecule has 0 aliphatic carbocycles. The van der Waals surface area contributed by atoms with E-state index in [1.165, 1.54) is 37.4 Å². The van der Waals surface area contributed by atoms with Gasteiger partial charge in [-0.05, 0) is 30.3 Å². The molecule has 0 bridgehead atoms. The van der Waals surface area contributed by atoms with E-state index in [-0.39, 0.29) is 21.0 Å². The Labute approximate surface area is 147 Å². The maximum absolute atomic E-state index is 12.4. The number of rotatable bonds is 5. The molecule has 1 aromatic carbocycles. The van der Waals surface area contributed by atoms with Crippen molar-refractivity contribution < 1.29 is 27.5 Å². The Hall–Kier alpha value is -2.10. The number of carbonyl (C=O) groups is 2. The summed E-state index contributed by atoms with van der Waals surface area (Å²) < 4.78 is 36.5. The second-order valence-electron chi connectivity index (χ2n) is 4.41. The molecule has 0 aliphatic heterocycles. The number of sulfonamides is 1. The number of ether oxygens (including phenoxy) is 2. The van der Waals surface area contributed by atoms with Crippen LogP contribution in [-0.4, -0.2) is 34.6 Å². The van der Waals surface area contributed by atoms with E-state index in [4.69, 9.17) is 11.6 Å². The largest absolute Gasteiger partial charge is 0.465 e. The summed E-state index contributed by atoms with van der Waals surface area (Å²) in [5, 5.41) is 0. The average Bonchev–Trinajstić information content (AvgIpc) is 3.00. The molecule has 0 amide bonds. The molecular formula is C14H12ClNO6S2. The highest BCUT2D eigenvalue weighted by molar-refractivity contribution is 7.94. The lowest BCUT2D eigenvalue weighted by Crippen LogP contribution is -2.16. The monoisotopic (exact) mass is 389 g/mol. The molecule has 0 fully saturated rings. The molecule has 0 saturated carbocycles. The highest BCUT2D eigenvalue weighted by Gasteiger charge is 2.22. The molecule has 2 aromatic rings. The lowest BCUT2D eigenvalue weighted by atomic mass is 10.1. The zero-order chi connectivity index (χ0) is 17.9. The molecular weight excluding hydrogens is 378 g/mol. The van der Waals surface area contributed by atoms with E-state index in [1.807, 2.05) is 0 Å². The Morgan fingerprint density at radius 1 is 1.08 bits per heavy atom. The van der Waals surface area contributed by atoms with Gasteiger partial charge in [-0.3, -0.25) is 4.72 Å². The predicted octanol–water partition coefficient (Wildman–Crippen LogP) is 2.78. The number of benzene rings is 1. The first-order valence-electron chi connectivity index (χ1n) is 6.37. The van der Waals surface area contributed by atoms with Crippen LogP contribution in [0.3, 0.4) is 0 Å². The second-order valence-corrected chi connectivity index (χ2v) is 8.03. The van der Waals surface area contributed by atoms with Crippen LogP contribution in [0, 0.1) is 0 Å². The van der Waals surface area contributed by atoms with E-state index in [1.54, 1.807) is 0 Å². The second kappa shape index (κ2) is 7.20. The molecule has 7 nitrogen and oxygen atoms in total. The predicted molar refractivity (Wildman–Crippen MR) is 89.3 cm³/mol. The van der Waals surface area contributed by atoms with Crippen molar-refractivity contribution >= 4 is 50.6 Å². The Bertz CT molecular complexity index is 890. The Balaban J connectivity index is 2.49. The molecule has 1 N–H and O–H groups in total. The first-order valence-corrected chi connectivity index (χ1v) is 9.05. The van der Waals surface area contributed by atoms with E-state index < -0.39 is 22.0 Å². The minimum Gasteiger partial charge on any atom is -0.465 e. The lowest BCUT2D eigenvalue weighted by molar-refractivity contribution is 0.0587. The highest BCUT2D eigenvalue weighted by atomic mass is 35.5. The van der Waals surface area contributed by atoms with Crippen molar-refractivity contribution in [3.63, 3.8) is 0 Å². The number of methoxy groups -OCH3 is 2. The number of hydrogen-bond acceptors (Lipinski definition) is 7. The normalized spacial score (nSPS) is 11.0. The molecule has 128 valence electrons. The van der Waals surface area contributed by atoms with Crippen molar-refractivity contribution in [1.29, 1.82) is 0 Å². The van der Waals surface area contributed by atoms with Crippen molar-refractivity contribution in [2.24, 2.45) is 0 Å². The summed E-state index contributed by atoms with van der Waals surface area (Å²) >= 11 is 6.61. The molecule has 0 spiro atoms. The number of thiophene rings is 1. The summed E-state index contributed by atoms with van der Waals surface area (Å²) in [7, 11) is -1.63. The highest BCUT2D eigenvalue weighted by Crippen LogP contribution is 2.29. The Kier molecular flexibility index (Phi) is 5.47. The molecule has 0 unspecified atom stereocenters. The topological polar surface area (TPSA) is 98.8 Å². The fourth-order valence-corrected chi connectivity index (χ4v) is 4.35. The molecule has 1 heterocycles. The number of esters is 2. The number of nitrogens with one attached hydrogen (secondary N) is 1. The minimum absolute atomic E-state index is 0.0354. The first kappa shape index (κ1) is 18.2. The van der Waals surface area contributed by atoms with Crippen LogP contribution in [-0.2, 0) is 19.5 Å². The molecule has 0 atom stereocenters. The van der Waals surface area contributed by atoms with Crippen LogP contribution in [0.4, 0.5) is 5.69 Å². The Morgan fingerprint density at radius 3 is 2.29 bits per heavy atom. The number of hydrogen-bond donors (Lipinski definition) is 1. The van der Waals surface area contributed by atoms with Crippen LogP contribution < -0.4 is 4.72 Å². The van der Waals surface area contributed by atoms with Crippen molar-refractivity contribution in [1.82, 2.24) is 0 Å². The van der Waals surface area contributed by atoms with E-state index in [0.717, 1.165) is 18.4 Å². The molecule has 10 heteroatoms. The van der Waals surface area contributed by atoms with Crippen molar-refractivity contribution in [2.45, 2.75) is 4.21 Å². The smallest absolute Gasteiger partial charge is 0.339 e. The van der Waals surface area contributed by atoms with Crippen LogP contribution in [0.1, 0.15) is 20.7 Å². The molecule has 24 heavy (non-hydrogen) atoms. The first-order chi connectivity index (χ1) is 11.3. The quantitative estimate of drug-likeness (QED) is 0.789. The van der Waals surface area contributed by atoms with Gasteiger partial charge < -0.3 is 9.47 Å². The summed E-state index contributed by atoms with van der Waals surface area (Å²) in [6.45, 7) is 0. The van der Waals surface area contributed by atoms with E-state index in [9.17, 15) is 18.0 Å². The average molecular weight is 390 g/mol. The van der Waals surface area contributed by atoms with Gasteiger partial charge in [0.1, 0.15) is 4.21 Å². The van der Waals surface area contributed by atoms with Crippen LogP contribution in [0.2, 0.25) is 4.34 Å². The summed E-state index contributed by atoms with van der Waals surface area (Å²) in [5.41, 5.74) is -0.0716. The molecule has 0 radical (unpaired) electrons. The maximum Gasteiger partial charge on any atom is 0.339 e. The van der Waals surface area contributed by atoms with Gasteiger partial charge in [0.05, 0.1) is 35.4 Å². The van der Waals surface area contributed by atoms with Gasteiger partial charge in [0.25, 0.3) is 10.0 Å². The van der Waals surface area contributed by atoms with Gasteiger partial charge in [-0.2, -0.15) is 0 Å². The third kappa shape index (κ3) is 3.86. The van der Waals surface area contributed by atoms with E-state index in [0.29, 0.717) is 4.34 Å². The van der Waals surface area contributed by atoms with E-state index in [2.05, 4.69) is 14.2 Å². The van der Waals surface area contributed by atoms with Crippen molar-refractivity contribution in [2.75, 3.05) is 18.9 Å². The van der Waals surface area contributed by atoms with Gasteiger partial charge in [-0.25, -0.2) is 18.0 Å². The van der Waals surface area contributed by atoms with Crippen LogP contribution in [0.15, 0.2) is 34.5 Å². The van der Waals surface area contributed by atoms with Gasteiger partial charge in [0, 0.05) is 0 Å². The maximum atomic E-state index is 12.4. The summed E-state index contributed by atoms with van der Waals surface area (Å²) in [4.78, 5) is 23.4. The third-order valence-corrected chi connectivity index (χ3v) is 5.99. The number of carbonyl (C=O) groups excluding carboxylic acids is 2. The van der Waals surface area contributed by atoms with Gasteiger partial charge >= 0.3 is 11.9 Å². The van der Waals surface area contributed by atoms with Crippen LogP contribution >= 0.6 is 22.9 Å². The summed E-state index contributed by atoms with van der Waals surface area (Å²) in [5.74, 6) is -1.43. The van der Waals surface area contributed by atoms with Gasteiger partial charge in [0.2, 0.25) is 0 Å². The molecule has 2 rings (SSSR count). The van der Waals surface area contributed by atoms with Gasteiger partial charge in [0.15, 0.2) is 0 Å². The van der Waals surface area contributed by atoms with E-state index >= 15 is 0 Å². The fourth-order valence-electron chi connectivity index (χ4n) is 1.80. The lowest BCUT2D eigenvalue weighted by Gasteiger charge is -2.12. The molecule has 1 aromatic heterocycles. The van der Waals surface area contributed by atoms with Crippen molar-refractivity contribution in [3.8, 4) is 0 Å². The third-order valence-electron chi connectivity index (χ3n) is 2.90. The Morgan fingerprint density at radius 2 is 1.75 bits per heavy atom. The van der Waals surface area contributed by atoms with Crippen molar-refractivity contribution in [3.05, 3.63) is 45.8 Å². The standard InChI is InChI=1S/C14H12ClNO6S2/c1-21-13(17)8-3-4-9(14(18)22-2)10(7-8)16-24(19,20)12-6-5-11(15)23-12/h3-7,16H,1-2H3. The molecule has 0 aliphatic rings. The van der Waals surface area contributed by atoms with Crippen LogP contribution in [0.25, 0.3) is 0 Å².